The quantitative estimate of drug-likeness (QED) is 0.284. The molecular weight excluding hydrogens is 364 g/mol. The summed E-state index contributed by atoms with van der Waals surface area (Å²) < 4.78 is 0. The lowest BCUT2D eigenvalue weighted by molar-refractivity contribution is -0.132. The zero-order valence-electron chi connectivity index (χ0n) is 16.3. The Balaban J connectivity index is 2.13. The van der Waals surface area contributed by atoms with Crippen molar-refractivity contribution in [2.45, 2.75) is 57.9 Å². The lowest BCUT2D eigenvalue weighted by Crippen LogP contribution is -2.47. The fraction of sp³-hybridized carbons (Fsp3) is 0.611. The molecule has 4 amide bonds. The molecule has 1 atom stereocenters. The molecule has 1 rings (SSSR count). The highest BCUT2D eigenvalue weighted by Crippen LogP contribution is 2.04. The molecule has 1 aromatic rings. The number of imide groups is 1. The maximum absolute atomic E-state index is 11.8. The minimum absolute atomic E-state index is 0.260. The van der Waals surface area contributed by atoms with Gasteiger partial charge in [-0.2, -0.15) is 0 Å². The third-order valence-electron chi connectivity index (χ3n) is 3.99. The molecule has 6 N–H and O–H groups in total. The molecular formula is C18H30N6O4. The van der Waals surface area contributed by atoms with Crippen LogP contribution in [0.4, 0.5) is 0 Å². The third-order valence-corrected chi connectivity index (χ3v) is 3.99. The topological polar surface area (TPSA) is 159 Å². The second-order valence-corrected chi connectivity index (χ2v) is 6.52. The van der Waals surface area contributed by atoms with Gasteiger partial charge in [0, 0.05) is 24.7 Å². The van der Waals surface area contributed by atoms with Crippen molar-refractivity contribution >= 4 is 23.6 Å². The van der Waals surface area contributed by atoms with Crippen molar-refractivity contribution in [3.63, 3.8) is 0 Å². The van der Waals surface area contributed by atoms with Crippen LogP contribution in [0, 0.1) is 0 Å². The van der Waals surface area contributed by atoms with Gasteiger partial charge in [0.1, 0.15) is 0 Å². The van der Waals surface area contributed by atoms with Crippen molar-refractivity contribution in [2.24, 2.45) is 5.73 Å². The number of aromatic amines is 1. The van der Waals surface area contributed by atoms with Gasteiger partial charge in [0.25, 0.3) is 0 Å². The van der Waals surface area contributed by atoms with Crippen LogP contribution >= 0.6 is 0 Å². The molecule has 1 aromatic heterocycles. The second kappa shape index (κ2) is 13.4. The molecule has 0 unspecified atom stereocenters. The number of carbonyl (C=O) groups is 4. The molecule has 0 aliphatic carbocycles. The number of nitrogens with zero attached hydrogens (tertiary/aromatic N) is 1. The molecule has 0 spiro atoms. The summed E-state index contributed by atoms with van der Waals surface area (Å²) in [4.78, 5) is 53.5. The predicted molar refractivity (Wildman–Crippen MR) is 103 cm³/mol. The number of amides is 4. The fourth-order valence-electron chi connectivity index (χ4n) is 2.42. The first-order valence-corrected chi connectivity index (χ1v) is 9.52. The van der Waals surface area contributed by atoms with Crippen LogP contribution in [-0.2, 0) is 25.6 Å². The van der Waals surface area contributed by atoms with Crippen molar-refractivity contribution < 1.29 is 19.2 Å². The highest BCUT2D eigenvalue weighted by atomic mass is 16.2. The molecule has 1 heterocycles. The number of H-pyrrole nitrogens is 1. The van der Waals surface area contributed by atoms with Gasteiger partial charge in [-0.25, -0.2) is 4.98 Å². The molecule has 0 saturated carbocycles. The summed E-state index contributed by atoms with van der Waals surface area (Å²) in [6, 6.07) is -0.827. The van der Waals surface area contributed by atoms with Crippen molar-refractivity contribution in [2.75, 3.05) is 13.1 Å². The molecule has 0 aliphatic rings. The van der Waals surface area contributed by atoms with Crippen LogP contribution in [-0.4, -0.2) is 52.7 Å². The maximum Gasteiger partial charge on any atom is 0.245 e. The Morgan fingerprint density at radius 2 is 1.75 bits per heavy atom. The smallest absolute Gasteiger partial charge is 0.245 e. The van der Waals surface area contributed by atoms with Gasteiger partial charge in [-0.05, 0) is 6.42 Å². The van der Waals surface area contributed by atoms with Crippen molar-refractivity contribution in [3.8, 4) is 0 Å². The second-order valence-electron chi connectivity index (χ2n) is 6.52. The number of imidazole rings is 1. The van der Waals surface area contributed by atoms with E-state index in [4.69, 9.17) is 5.73 Å². The Hall–Kier alpha value is -2.75. The largest absolute Gasteiger partial charge is 0.348 e. The third kappa shape index (κ3) is 10.4. The van der Waals surface area contributed by atoms with Gasteiger partial charge < -0.3 is 21.4 Å². The van der Waals surface area contributed by atoms with Gasteiger partial charge in [0.2, 0.25) is 23.6 Å². The predicted octanol–water partition coefficient (Wildman–Crippen LogP) is -0.485. The van der Waals surface area contributed by atoms with Crippen LogP contribution < -0.4 is 21.7 Å². The Bertz CT molecular complexity index is 632. The number of rotatable bonds is 13. The van der Waals surface area contributed by atoms with Gasteiger partial charge in [-0.3, -0.25) is 24.5 Å². The van der Waals surface area contributed by atoms with E-state index < -0.39 is 23.8 Å². The maximum atomic E-state index is 11.8. The first-order valence-electron chi connectivity index (χ1n) is 9.52. The van der Waals surface area contributed by atoms with Gasteiger partial charge >= 0.3 is 0 Å². The molecule has 10 heteroatoms. The molecule has 0 bridgehead atoms. The number of aromatic nitrogens is 2. The lowest BCUT2D eigenvalue weighted by Gasteiger charge is -2.11. The molecule has 0 saturated heterocycles. The van der Waals surface area contributed by atoms with E-state index in [9.17, 15) is 19.2 Å². The van der Waals surface area contributed by atoms with Crippen molar-refractivity contribution in [1.29, 1.82) is 0 Å². The van der Waals surface area contributed by atoms with E-state index in [2.05, 4.69) is 32.8 Å². The summed E-state index contributed by atoms with van der Waals surface area (Å²) in [6.07, 6.45) is 8.61. The summed E-state index contributed by atoms with van der Waals surface area (Å²) in [6.45, 7) is 1.46. The standard InChI is InChI=1S/C18H30N6O4/c1-2-3-4-5-6-7-15(25)24-17(27)11-21-16(26)10-22-18(28)14(19)8-13-9-20-12-23-13/h9,12,14H,2-8,10-11,19H2,1H3,(H,20,23)(H,21,26)(H,22,28)(H,24,25,27)/t14-/m0/s1. The summed E-state index contributed by atoms with van der Waals surface area (Å²) in [5, 5.41) is 6.96. The van der Waals surface area contributed by atoms with Crippen LogP contribution in [0.15, 0.2) is 12.5 Å². The Morgan fingerprint density at radius 3 is 2.43 bits per heavy atom. The van der Waals surface area contributed by atoms with E-state index in [1.807, 2.05) is 0 Å². The lowest BCUT2D eigenvalue weighted by atomic mass is 10.1. The highest BCUT2D eigenvalue weighted by Gasteiger charge is 2.16. The zero-order chi connectivity index (χ0) is 20.8. The van der Waals surface area contributed by atoms with Crippen molar-refractivity contribution in [3.05, 3.63) is 18.2 Å². The summed E-state index contributed by atoms with van der Waals surface area (Å²) in [5.41, 5.74) is 6.45. The van der Waals surface area contributed by atoms with Gasteiger partial charge in [0.05, 0.1) is 25.5 Å². The number of unbranched alkanes of at least 4 members (excludes halogenated alkanes) is 4. The first kappa shape index (κ1) is 23.3. The average Bonchev–Trinajstić information content (AvgIpc) is 3.17. The molecule has 0 aromatic carbocycles. The minimum atomic E-state index is -0.827. The number of nitrogens with one attached hydrogen (secondary N) is 4. The summed E-state index contributed by atoms with van der Waals surface area (Å²) in [7, 11) is 0. The Labute approximate surface area is 164 Å². The first-order chi connectivity index (χ1) is 13.4. The van der Waals surface area contributed by atoms with Gasteiger partial charge in [-0.1, -0.05) is 32.6 Å². The van der Waals surface area contributed by atoms with E-state index in [0.29, 0.717) is 5.69 Å². The highest BCUT2D eigenvalue weighted by molar-refractivity contribution is 5.97. The monoisotopic (exact) mass is 394 g/mol. The summed E-state index contributed by atoms with van der Waals surface area (Å²) >= 11 is 0. The molecule has 28 heavy (non-hydrogen) atoms. The molecule has 0 radical (unpaired) electrons. The Morgan fingerprint density at radius 1 is 1.04 bits per heavy atom. The molecule has 156 valence electrons. The fourth-order valence-corrected chi connectivity index (χ4v) is 2.42. The minimum Gasteiger partial charge on any atom is -0.348 e. The van der Waals surface area contributed by atoms with Gasteiger partial charge in [0.15, 0.2) is 0 Å². The molecule has 0 aliphatic heterocycles. The van der Waals surface area contributed by atoms with E-state index in [-0.39, 0.29) is 31.8 Å². The van der Waals surface area contributed by atoms with E-state index in [0.717, 1.165) is 32.1 Å². The van der Waals surface area contributed by atoms with E-state index in [1.165, 1.54) is 6.33 Å². The van der Waals surface area contributed by atoms with Crippen LogP contribution in [0.25, 0.3) is 0 Å². The van der Waals surface area contributed by atoms with E-state index >= 15 is 0 Å². The van der Waals surface area contributed by atoms with E-state index in [1.54, 1.807) is 6.20 Å². The average molecular weight is 394 g/mol. The van der Waals surface area contributed by atoms with Gasteiger partial charge in [-0.15, -0.1) is 0 Å². The number of carbonyl (C=O) groups excluding carboxylic acids is 4. The SMILES string of the molecule is CCCCCCCC(=O)NC(=O)CNC(=O)CNC(=O)[C@@H](N)Cc1cnc[nH]1. The normalized spacial score (nSPS) is 11.5. The van der Waals surface area contributed by atoms with Crippen LogP contribution in [0.5, 0.6) is 0 Å². The number of hydrogen-bond acceptors (Lipinski definition) is 6. The number of hydrogen-bond donors (Lipinski definition) is 5. The molecule has 0 fully saturated rings. The Kier molecular flexibility index (Phi) is 11.2. The van der Waals surface area contributed by atoms with Crippen LogP contribution in [0.1, 0.15) is 51.1 Å². The molecule has 10 nitrogen and oxygen atoms in total. The van der Waals surface area contributed by atoms with Crippen LogP contribution in [0.2, 0.25) is 0 Å². The summed E-state index contributed by atoms with van der Waals surface area (Å²) in [5.74, 6) is -1.99. The van der Waals surface area contributed by atoms with Crippen LogP contribution in [0.3, 0.4) is 0 Å². The zero-order valence-corrected chi connectivity index (χ0v) is 16.3. The van der Waals surface area contributed by atoms with Crippen molar-refractivity contribution in [1.82, 2.24) is 25.9 Å². The number of nitrogens with two attached hydrogens (primary N) is 1.